The zero-order valence-corrected chi connectivity index (χ0v) is 9.84. The first-order chi connectivity index (χ1) is 7.09. The van der Waals surface area contributed by atoms with Gasteiger partial charge < -0.3 is 5.32 Å². The molecular weight excluding hydrogens is 210 g/mol. The number of halogens is 1. The number of carbonyl (C=O) groups is 1. The summed E-state index contributed by atoms with van der Waals surface area (Å²) in [5.74, 6) is 0.572. The fraction of sp³-hybridized carbons (Fsp3) is 0.417. The molecule has 1 N–H and O–H groups in total. The maximum Gasteiger partial charge on any atom is 0.251 e. The van der Waals surface area contributed by atoms with Gasteiger partial charge in [0.2, 0.25) is 0 Å². The number of hydrogen-bond donors (Lipinski definition) is 1. The summed E-state index contributed by atoms with van der Waals surface area (Å²) in [7, 11) is 0. The summed E-state index contributed by atoms with van der Waals surface area (Å²) in [5, 5.41) is 3.51. The Bertz CT molecular complexity index is 319. The minimum atomic E-state index is -0.0349. The predicted octanol–water partition coefficient (Wildman–Crippen LogP) is 3.12. The first-order valence-corrected chi connectivity index (χ1v) is 5.51. The van der Waals surface area contributed by atoms with Crippen molar-refractivity contribution in [3.63, 3.8) is 0 Å². The molecule has 0 heterocycles. The van der Waals surface area contributed by atoms with E-state index < -0.39 is 0 Å². The van der Waals surface area contributed by atoms with Crippen LogP contribution in [0.25, 0.3) is 0 Å². The van der Waals surface area contributed by atoms with Crippen molar-refractivity contribution in [3.05, 3.63) is 34.9 Å². The van der Waals surface area contributed by atoms with Crippen LogP contribution in [0.4, 0.5) is 0 Å². The van der Waals surface area contributed by atoms with Gasteiger partial charge in [0.15, 0.2) is 0 Å². The number of nitrogens with one attached hydrogen (secondary N) is 1. The van der Waals surface area contributed by atoms with Crippen LogP contribution >= 0.6 is 11.6 Å². The van der Waals surface area contributed by atoms with Crippen molar-refractivity contribution < 1.29 is 4.79 Å². The highest BCUT2D eigenvalue weighted by Crippen LogP contribution is 2.09. The maximum atomic E-state index is 11.6. The van der Waals surface area contributed by atoms with Crippen LogP contribution in [0.5, 0.6) is 0 Å². The molecular formula is C12H16ClNO. The molecule has 0 aliphatic carbocycles. The summed E-state index contributed by atoms with van der Waals surface area (Å²) in [6.45, 7) is 4.99. The van der Waals surface area contributed by atoms with Crippen LogP contribution in [0.2, 0.25) is 5.02 Å². The second-order valence-corrected chi connectivity index (χ2v) is 4.38. The molecule has 0 bridgehead atoms. The van der Waals surface area contributed by atoms with Gasteiger partial charge in [-0.1, -0.05) is 25.4 Å². The standard InChI is InChI=1S/C12H16ClNO/c1-9(2)7-8-14-12(15)10-3-5-11(13)6-4-10/h3-6,9H,7-8H2,1-2H3,(H,14,15). The van der Waals surface area contributed by atoms with Gasteiger partial charge in [-0.3, -0.25) is 4.79 Å². The highest BCUT2D eigenvalue weighted by atomic mass is 35.5. The van der Waals surface area contributed by atoms with Gasteiger partial charge >= 0.3 is 0 Å². The summed E-state index contributed by atoms with van der Waals surface area (Å²) in [6.07, 6.45) is 0.999. The Kier molecular flexibility index (Phi) is 4.63. The maximum absolute atomic E-state index is 11.6. The van der Waals surface area contributed by atoms with Crippen molar-refractivity contribution in [1.82, 2.24) is 5.32 Å². The van der Waals surface area contributed by atoms with Gasteiger partial charge in [-0.15, -0.1) is 0 Å². The van der Waals surface area contributed by atoms with Crippen LogP contribution in [-0.4, -0.2) is 12.5 Å². The number of carbonyl (C=O) groups excluding carboxylic acids is 1. The molecule has 3 heteroatoms. The summed E-state index contributed by atoms with van der Waals surface area (Å²) >= 11 is 5.73. The molecule has 15 heavy (non-hydrogen) atoms. The third kappa shape index (κ3) is 4.34. The third-order valence-electron chi connectivity index (χ3n) is 2.11. The molecule has 0 radical (unpaired) electrons. The van der Waals surface area contributed by atoms with E-state index in [0.717, 1.165) is 13.0 Å². The molecule has 0 saturated heterocycles. The van der Waals surface area contributed by atoms with Crippen LogP contribution in [0.3, 0.4) is 0 Å². The Morgan fingerprint density at radius 2 is 1.93 bits per heavy atom. The van der Waals surface area contributed by atoms with Crippen LogP contribution < -0.4 is 5.32 Å². The molecule has 0 atom stereocenters. The molecule has 0 aromatic heterocycles. The van der Waals surface area contributed by atoms with Gasteiger partial charge in [0.25, 0.3) is 5.91 Å². The van der Waals surface area contributed by atoms with E-state index in [1.54, 1.807) is 24.3 Å². The fourth-order valence-corrected chi connectivity index (χ4v) is 1.30. The van der Waals surface area contributed by atoms with Crippen molar-refractivity contribution >= 4 is 17.5 Å². The van der Waals surface area contributed by atoms with E-state index in [2.05, 4.69) is 19.2 Å². The third-order valence-corrected chi connectivity index (χ3v) is 2.37. The van der Waals surface area contributed by atoms with E-state index in [9.17, 15) is 4.79 Å². The average Bonchev–Trinajstić information content (AvgIpc) is 2.18. The topological polar surface area (TPSA) is 29.1 Å². The molecule has 1 aromatic rings. The van der Waals surface area contributed by atoms with Crippen LogP contribution in [0.1, 0.15) is 30.6 Å². The lowest BCUT2D eigenvalue weighted by atomic mass is 10.1. The summed E-state index contributed by atoms with van der Waals surface area (Å²) in [6, 6.07) is 6.90. The molecule has 0 aliphatic rings. The summed E-state index contributed by atoms with van der Waals surface area (Å²) in [5.41, 5.74) is 0.656. The Hall–Kier alpha value is -1.02. The monoisotopic (exact) mass is 225 g/mol. The number of rotatable bonds is 4. The van der Waals surface area contributed by atoms with Crippen LogP contribution in [0.15, 0.2) is 24.3 Å². The molecule has 1 aromatic carbocycles. The Balaban J connectivity index is 2.43. The molecule has 1 rings (SSSR count). The Morgan fingerprint density at radius 3 is 2.47 bits per heavy atom. The van der Waals surface area contributed by atoms with Crippen LogP contribution in [0, 0.1) is 5.92 Å². The van der Waals surface area contributed by atoms with E-state index in [-0.39, 0.29) is 5.91 Å². The number of hydrogen-bond acceptors (Lipinski definition) is 1. The van der Waals surface area contributed by atoms with Crippen molar-refractivity contribution in [2.75, 3.05) is 6.54 Å². The molecule has 1 amide bonds. The Morgan fingerprint density at radius 1 is 1.33 bits per heavy atom. The molecule has 0 fully saturated rings. The van der Waals surface area contributed by atoms with Gasteiger partial charge in [0.1, 0.15) is 0 Å². The lowest BCUT2D eigenvalue weighted by Crippen LogP contribution is -2.25. The largest absolute Gasteiger partial charge is 0.352 e. The first-order valence-electron chi connectivity index (χ1n) is 5.13. The highest BCUT2D eigenvalue weighted by Gasteiger charge is 2.04. The highest BCUT2D eigenvalue weighted by molar-refractivity contribution is 6.30. The van der Waals surface area contributed by atoms with Gasteiger partial charge in [0, 0.05) is 17.1 Å². The van der Waals surface area contributed by atoms with Crippen LogP contribution in [-0.2, 0) is 0 Å². The Labute approximate surface area is 95.6 Å². The molecule has 82 valence electrons. The fourth-order valence-electron chi connectivity index (χ4n) is 1.18. The number of benzene rings is 1. The zero-order chi connectivity index (χ0) is 11.3. The average molecular weight is 226 g/mol. The minimum Gasteiger partial charge on any atom is -0.352 e. The predicted molar refractivity (Wildman–Crippen MR) is 63.2 cm³/mol. The van der Waals surface area contributed by atoms with Gasteiger partial charge in [-0.25, -0.2) is 0 Å². The lowest BCUT2D eigenvalue weighted by molar-refractivity contribution is 0.0952. The van der Waals surface area contributed by atoms with Gasteiger partial charge in [0.05, 0.1) is 0 Å². The summed E-state index contributed by atoms with van der Waals surface area (Å²) < 4.78 is 0. The van der Waals surface area contributed by atoms with Gasteiger partial charge in [-0.2, -0.15) is 0 Å². The normalized spacial score (nSPS) is 10.4. The second kappa shape index (κ2) is 5.76. The molecule has 0 aliphatic heterocycles. The van der Waals surface area contributed by atoms with E-state index in [4.69, 9.17) is 11.6 Å². The van der Waals surface area contributed by atoms with E-state index in [1.807, 2.05) is 0 Å². The first kappa shape index (κ1) is 12.1. The van der Waals surface area contributed by atoms with Crippen molar-refractivity contribution in [3.8, 4) is 0 Å². The molecule has 0 spiro atoms. The van der Waals surface area contributed by atoms with E-state index in [0.29, 0.717) is 16.5 Å². The minimum absolute atomic E-state index is 0.0349. The van der Waals surface area contributed by atoms with Crippen molar-refractivity contribution in [2.45, 2.75) is 20.3 Å². The zero-order valence-electron chi connectivity index (χ0n) is 9.09. The van der Waals surface area contributed by atoms with Crippen molar-refractivity contribution in [2.24, 2.45) is 5.92 Å². The van der Waals surface area contributed by atoms with Gasteiger partial charge in [-0.05, 0) is 36.6 Å². The smallest absolute Gasteiger partial charge is 0.251 e. The van der Waals surface area contributed by atoms with Crippen molar-refractivity contribution in [1.29, 1.82) is 0 Å². The SMILES string of the molecule is CC(C)CCNC(=O)c1ccc(Cl)cc1. The summed E-state index contributed by atoms with van der Waals surface area (Å²) in [4.78, 5) is 11.6. The quantitative estimate of drug-likeness (QED) is 0.838. The van der Waals surface area contributed by atoms with E-state index in [1.165, 1.54) is 0 Å². The molecule has 0 saturated carbocycles. The molecule has 0 unspecified atom stereocenters. The second-order valence-electron chi connectivity index (χ2n) is 3.95. The number of amides is 1. The lowest BCUT2D eigenvalue weighted by Gasteiger charge is -2.06. The van der Waals surface area contributed by atoms with E-state index >= 15 is 0 Å². The molecule has 2 nitrogen and oxygen atoms in total.